The van der Waals surface area contributed by atoms with E-state index in [0.717, 1.165) is 37.1 Å². The van der Waals surface area contributed by atoms with Gasteiger partial charge in [0.05, 0.1) is 29.7 Å². The lowest BCUT2D eigenvalue weighted by Gasteiger charge is -2.40. The molecule has 3 amide bonds. The first-order valence-corrected chi connectivity index (χ1v) is 12.0. The fraction of sp³-hybridized carbons (Fsp3) is 0.520. The second kappa shape index (κ2) is 9.87. The molecule has 0 saturated carbocycles. The van der Waals surface area contributed by atoms with Gasteiger partial charge in [-0.25, -0.2) is 4.79 Å². The number of hydrogen-bond acceptors (Lipinski definition) is 5. The van der Waals surface area contributed by atoms with Gasteiger partial charge in [0.1, 0.15) is 6.54 Å². The summed E-state index contributed by atoms with van der Waals surface area (Å²) in [6.45, 7) is 9.22. The monoisotopic (exact) mass is 467 g/mol. The van der Waals surface area contributed by atoms with Crippen LogP contribution in [0.15, 0.2) is 30.6 Å². The zero-order valence-corrected chi connectivity index (χ0v) is 20.4. The average molecular weight is 468 g/mol. The predicted molar refractivity (Wildman–Crippen MR) is 130 cm³/mol. The van der Waals surface area contributed by atoms with Crippen molar-refractivity contribution in [2.75, 3.05) is 29.4 Å². The van der Waals surface area contributed by atoms with Crippen LogP contribution in [0, 0.1) is 0 Å². The van der Waals surface area contributed by atoms with Gasteiger partial charge in [0.15, 0.2) is 0 Å². The van der Waals surface area contributed by atoms with Crippen LogP contribution in [-0.4, -0.2) is 64.4 Å². The number of aromatic nitrogens is 2. The van der Waals surface area contributed by atoms with E-state index in [0.29, 0.717) is 17.9 Å². The summed E-state index contributed by atoms with van der Waals surface area (Å²) >= 11 is 0. The van der Waals surface area contributed by atoms with Crippen molar-refractivity contribution in [3.05, 3.63) is 30.6 Å². The van der Waals surface area contributed by atoms with Gasteiger partial charge in [0.25, 0.3) is 0 Å². The molecule has 9 heteroatoms. The highest BCUT2D eigenvalue weighted by molar-refractivity contribution is 6.03. The van der Waals surface area contributed by atoms with Crippen LogP contribution in [0.25, 0.3) is 11.1 Å². The van der Waals surface area contributed by atoms with E-state index in [9.17, 15) is 14.4 Å². The van der Waals surface area contributed by atoms with Gasteiger partial charge in [0.2, 0.25) is 11.8 Å². The third-order valence-electron chi connectivity index (χ3n) is 6.28. The third kappa shape index (κ3) is 4.93. The van der Waals surface area contributed by atoms with E-state index >= 15 is 0 Å². The number of nitrogens with zero attached hydrogens (tertiary/aromatic N) is 5. The maximum absolute atomic E-state index is 12.9. The molecule has 2 aliphatic rings. The lowest BCUT2D eigenvalue weighted by Crippen LogP contribution is -2.51. The molecule has 3 heterocycles. The van der Waals surface area contributed by atoms with Crippen LogP contribution < -0.4 is 9.80 Å². The van der Waals surface area contributed by atoms with Gasteiger partial charge >= 0.3 is 6.09 Å². The number of anilines is 2. The van der Waals surface area contributed by atoms with Gasteiger partial charge in [0, 0.05) is 38.3 Å². The molecule has 0 aliphatic carbocycles. The number of likely N-dealkylation sites (tertiary alicyclic amines) is 1. The summed E-state index contributed by atoms with van der Waals surface area (Å²) in [5.74, 6) is -0.00379. The van der Waals surface area contributed by atoms with Crippen molar-refractivity contribution in [2.45, 2.75) is 65.6 Å². The number of fused-ring (bicyclic) bond motifs is 1. The van der Waals surface area contributed by atoms with Crippen LogP contribution in [0.1, 0.15) is 47.0 Å². The molecule has 1 unspecified atom stereocenters. The Kier molecular flexibility index (Phi) is 6.90. The van der Waals surface area contributed by atoms with Crippen molar-refractivity contribution >= 4 is 29.3 Å². The second-order valence-corrected chi connectivity index (χ2v) is 9.35. The molecule has 1 fully saturated rings. The molecule has 0 radical (unpaired) electrons. The number of hydrogen-bond donors (Lipinski definition) is 0. The van der Waals surface area contributed by atoms with Gasteiger partial charge in [-0.1, -0.05) is 6.07 Å². The van der Waals surface area contributed by atoms with Crippen molar-refractivity contribution in [1.82, 2.24) is 14.7 Å². The molecule has 0 bridgehead atoms. The molecule has 1 aromatic heterocycles. The van der Waals surface area contributed by atoms with E-state index in [1.54, 1.807) is 20.7 Å². The fourth-order valence-electron chi connectivity index (χ4n) is 4.70. The second-order valence-electron chi connectivity index (χ2n) is 9.35. The van der Waals surface area contributed by atoms with Crippen LogP contribution in [0.4, 0.5) is 16.2 Å². The number of piperidine rings is 1. The number of amides is 3. The Morgan fingerprint density at radius 3 is 2.50 bits per heavy atom. The highest BCUT2D eigenvalue weighted by atomic mass is 16.6. The molecule has 0 spiro atoms. The molecule has 1 saturated heterocycles. The third-order valence-corrected chi connectivity index (χ3v) is 6.28. The maximum atomic E-state index is 12.9. The van der Waals surface area contributed by atoms with E-state index in [1.807, 2.05) is 50.1 Å². The van der Waals surface area contributed by atoms with Crippen molar-refractivity contribution < 1.29 is 19.1 Å². The summed E-state index contributed by atoms with van der Waals surface area (Å²) in [4.78, 5) is 43.0. The summed E-state index contributed by atoms with van der Waals surface area (Å²) in [6, 6.07) is 5.46. The minimum absolute atomic E-state index is 0.0773. The number of benzene rings is 1. The molecule has 4 rings (SSSR count). The van der Waals surface area contributed by atoms with Crippen LogP contribution in [-0.2, 0) is 20.9 Å². The highest BCUT2D eigenvalue weighted by Gasteiger charge is 2.35. The zero-order chi connectivity index (χ0) is 24.4. The molecule has 2 aliphatic heterocycles. The normalized spacial score (nSPS) is 18.1. The predicted octanol–water partition coefficient (Wildman–Crippen LogP) is 3.67. The summed E-state index contributed by atoms with van der Waals surface area (Å²) in [5, 5.41) is 4.39. The lowest BCUT2D eigenvalue weighted by atomic mass is 10.0. The number of carbonyl (C=O) groups excluding carboxylic acids is 3. The van der Waals surface area contributed by atoms with E-state index in [-0.39, 0.29) is 30.5 Å². The van der Waals surface area contributed by atoms with E-state index in [1.165, 1.54) is 13.3 Å². The van der Waals surface area contributed by atoms with E-state index in [2.05, 4.69) is 5.10 Å². The zero-order valence-electron chi connectivity index (χ0n) is 20.4. The molecule has 1 atom stereocenters. The first kappa shape index (κ1) is 23.8. The smallest absolute Gasteiger partial charge is 0.414 e. The quantitative estimate of drug-likeness (QED) is 0.685. The summed E-state index contributed by atoms with van der Waals surface area (Å²) < 4.78 is 7.12. The minimum atomic E-state index is -0.439. The summed E-state index contributed by atoms with van der Waals surface area (Å²) in [6.07, 6.45) is 6.15. The van der Waals surface area contributed by atoms with Crippen LogP contribution >= 0.6 is 0 Å². The highest BCUT2D eigenvalue weighted by Crippen LogP contribution is 2.39. The topological polar surface area (TPSA) is 88.0 Å². The van der Waals surface area contributed by atoms with E-state index in [4.69, 9.17) is 4.74 Å². The van der Waals surface area contributed by atoms with Gasteiger partial charge in [-0.05, 0) is 57.7 Å². The summed E-state index contributed by atoms with van der Waals surface area (Å²) in [7, 11) is 0. The van der Waals surface area contributed by atoms with Gasteiger partial charge < -0.3 is 14.5 Å². The van der Waals surface area contributed by atoms with Crippen LogP contribution in [0.2, 0.25) is 0 Å². The fourth-order valence-corrected chi connectivity index (χ4v) is 4.70. The molecular formula is C25H33N5O4. The SMILES string of the molecule is CC(=O)N1c2ccc(-c3cnn(CC(=O)N4CCCCC4)c3)cc2N(C(=O)OC(C)C)CC1C. The largest absolute Gasteiger partial charge is 0.446 e. The average Bonchev–Trinajstić information content (AvgIpc) is 3.26. The Bertz CT molecular complexity index is 1070. The van der Waals surface area contributed by atoms with Crippen LogP contribution in [0.3, 0.4) is 0 Å². The molecule has 2 aromatic rings. The standard InChI is InChI=1S/C25H33N5O4/c1-17(2)34-25(33)29-14-18(3)30(19(4)31)22-9-8-20(12-23(22)29)21-13-26-28(15-21)16-24(32)27-10-6-5-7-11-27/h8-9,12-13,15,17-18H,5-7,10-11,14,16H2,1-4H3. The van der Waals surface area contributed by atoms with Crippen molar-refractivity contribution in [1.29, 1.82) is 0 Å². The van der Waals surface area contributed by atoms with Crippen LogP contribution in [0.5, 0.6) is 0 Å². The number of carbonyl (C=O) groups is 3. The first-order valence-electron chi connectivity index (χ1n) is 12.0. The summed E-state index contributed by atoms with van der Waals surface area (Å²) in [5.41, 5.74) is 2.97. The van der Waals surface area contributed by atoms with Crippen molar-refractivity contribution in [3.8, 4) is 11.1 Å². The molecule has 9 nitrogen and oxygen atoms in total. The number of ether oxygens (including phenoxy) is 1. The molecular weight excluding hydrogens is 434 g/mol. The Labute approximate surface area is 200 Å². The van der Waals surface area contributed by atoms with Crippen molar-refractivity contribution in [3.63, 3.8) is 0 Å². The van der Waals surface area contributed by atoms with E-state index < -0.39 is 6.09 Å². The molecule has 1 aromatic carbocycles. The maximum Gasteiger partial charge on any atom is 0.414 e. The minimum Gasteiger partial charge on any atom is -0.446 e. The van der Waals surface area contributed by atoms with Gasteiger partial charge in [-0.3, -0.25) is 19.2 Å². The number of rotatable bonds is 4. The Morgan fingerprint density at radius 1 is 1.09 bits per heavy atom. The molecule has 34 heavy (non-hydrogen) atoms. The Balaban J connectivity index is 1.61. The van der Waals surface area contributed by atoms with Gasteiger partial charge in [-0.15, -0.1) is 0 Å². The first-order chi connectivity index (χ1) is 16.2. The van der Waals surface area contributed by atoms with Crippen molar-refractivity contribution in [2.24, 2.45) is 0 Å². The molecule has 182 valence electrons. The Hall–Kier alpha value is -3.36. The van der Waals surface area contributed by atoms with Gasteiger partial charge in [-0.2, -0.15) is 5.10 Å². The molecule has 0 N–H and O–H groups in total. The lowest BCUT2D eigenvalue weighted by molar-refractivity contribution is -0.132. The Morgan fingerprint density at radius 2 is 1.82 bits per heavy atom.